The fraction of sp³-hybridized carbons (Fsp3) is 0.136. The number of anilines is 1. The van der Waals surface area contributed by atoms with Crippen LogP contribution in [0.25, 0.3) is 0 Å². The lowest BCUT2D eigenvalue weighted by atomic mass is 10.1. The van der Waals surface area contributed by atoms with E-state index in [4.69, 9.17) is 0 Å². The molecule has 0 bridgehead atoms. The van der Waals surface area contributed by atoms with Crippen molar-refractivity contribution in [2.24, 2.45) is 0 Å². The first-order valence-electron chi connectivity index (χ1n) is 9.04. The van der Waals surface area contributed by atoms with E-state index >= 15 is 0 Å². The lowest BCUT2D eigenvalue weighted by molar-refractivity contribution is -0.126. The van der Waals surface area contributed by atoms with E-state index in [0.717, 1.165) is 0 Å². The summed E-state index contributed by atoms with van der Waals surface area (Å²) >= 11 is 1.32. The summed E-state index contributed by atoms with van der Waals surface area (Å²) in [5, 5.41) is 7.36. The number of benzene rings is 2. The molecule has 2 aromatic carbocycles. The zero-order valence-electron chi connectivity index (χ0n) is 15.9. The first kappa shape index (κ1) is 20.3. The van der Waals surface area contributed by atoms with Gasteiger partial charge >= 0.3 is 0 Å². The van der Waals surface area contributed by atoms with E-state index in [1.54, 1.807) is 61.0 Å². The Balaban J connectivity index is 1.70. The van der Waals surface area contributed by atoms with Gasteiger partial charge in [-0.2, -0.15) is 0 Å². The molecule has 6 nitrogen and oxygen atoms in total. The van der Waals surface area contributed by atoms with Gasteiger partial charge in [-0.25, -0.2) is 0 Å². The number of nitrogens with zero attached hydrogens (tertiary/aromatic N) is 1. The number of hydrogen-bond acceptors (Lipinski definition) is 4. The van der Waals surface area contributed by atoms with Crippen LogP contribution in [0.5, 0.6) is 0 Å². The molecular weight excluding hydrogens is 386 g/mol. The van der Waals surface area contributed by atoms with Gasteiger partial charge in [-0.15, -0.1) is 11.3 Å². The molecule has 29 heavy (non-hydrogen) atoms. The first-order valence-corrected chi connectivity index (χ1v) is 9.92. The Bertz CT molecular complexity index is 959. The van der Waals surface area contributed by atoms with E-state index in [9.17, 15) is 14.4 Å². The molecule has 1 aromatic heterocycles. The third-order valence-corrected chi connectivity index (χ3v) is 5.06. The molecule has 3 amide bonds. The lowest BCUT2D eigenvalue weighted by Gasteiger charge is -2.21. The van der Waals surface area contributed by atoms with Crippen LogP contribution in [-0.2, 0) is 9.59 Å². The van der Waals surface area contributed by atoms with Crippen LogP contribution in [0, 0.1) is 0 Å². The van der Waals surface area contributed by atoms with Crippen molar-refractivity contribution in [2.75, 3.05) is 18.9 Å². The largest absolute Gasteiger partial charge is 0.339 e. The van der Waals surface area contributed by atoms with Gasteiger partial charge in [0.1, 0.15) is 6.04 Å². The van der Waals surface area contributed by atoms with E-state index in [-0.39, 0.29) is 18.4 Å². The summed E-state index contributed by atoms with van der Waals surface area (Å²) in [5.74, 6) is -1.02. The second kappa shape index (κ2) is 9.66. The van der Waals surface area contributed by atoms with Crippen molar-refractivity contribution in [1.29, 1.82) is 0 Å². The van der Waals surface area contributed by atoms with Crippen molar-refractivity contribution in [3.63, 3.8) is 0 Å². The topological polar surface area (TPSA) is 78.5 Å². The molecule has 0 radical (unpaired) electrons. The van der Waals surface area contributed by atoms with Crippen LogP contribution >= 0.6 is 11.3 Å². The Morgan fingerprint density at radius 1 is 0.931 bits per heavy atom. The van der Waals surface area contributed by atoms with E-state index in [1.165, 1.54) is 16.2 Å². The van der Waals surface area contributed by atoms with Crippen molar-refractivity contribution >= 4 is 34.7 Å². The van der Waals surface area contributed by atoms with Crippen molar-refractivity contribution in [3.05, 3.63) is 88.6 Å². The molecule has 0 saturated heterocycles. The normalized spacial score (nSPS) is 11.3. The molecule has 0 aliphatic carbocycles. The van der Waals surface area contributed by atoms with E-state index in [0.29, 0.717) is 16.1 Å². The van der Waals surface area contributed by atoms with Gasteiger partial charge in [-0.05, 0) is 29.1 Å². The van der Waals surface area contributed by atoms with Crippen molar-refractivity contribution in [2.45, 2.75) is 6.04 Å². The second-order valence-corrected chi connectivity index (χ2v) is 7.35. The molecule has 0 spiro atoms. The molecule has 1 heterocycles. The van der Waals surface area contributed by atoms with Gasteiger partial charge in [0, 0.05) is 12.7 Å². The first-order chi connectivity index (χ1) is 14.0. The maximum Gasteiger partial charge on any atom is 0.264 e. The number of carbonyl (C=O) groups excluding carboxylic acids is 3. The number of carbonyl (C=O) groups is 3. The third kappa shape index (κ3) is 5.52. The molecule has 148 valence electrons. The highest BCUT2D eigenvalue weighted by Crippen LogP contribution is 2.16. The standard InChI is InChI=1S/C22H21N3O3S/c1-25(22(28)18-13-8-14-29-18)15-19(26)24-20(16-9-4-2-5-10-16)21(27)23-17-11-6-3-7-12-17/h2-14,20H,15H2,1H3,(H,23,27)(H,24,26). The molecule has 0 aliphatic rings. The summed E-state index contributed by atoms with van der Waals surface area (Å²) in [7, 11) is 1.56. The van der Waals surface area contributed by atoms with Crippen LogP contribution in [0.2, 0.25) is 0 Å². The summed E-state index contributed by atoms with van der Waals surface area (Å²) in [6.07, 6.45) is 0. The fourth-order valence-corrected chi connectivity index (χ4v) is 3.48. The highest BCUT2D eigenvalue weighted by Gasteiger charge is 2.24. The summed E-state index contributed by atoms with van der Waals surface area (Å²) in [6, 6.07) is 20.6. The molecule has 3 rings (SSSR count). The highest BCUT2D eigenvalue weighted by atomic mass is 32.1. The number of nitrogens with one attached hydrogen (secondary N) is 2. The molecule has 3 aromatic rings. The van der Waals surface area contributed by atoms with Gasteiger partial charge in [-0.1, -0.05) is 54.6 Å². The van der Waals surface area contributed by atoms with Gasteiger partial charge in [0.2, 0.25) is 5.91 Å². The highest BCUT2D eigenvalue weighted by molar-refractivity contribution is 7.12. The summed E-state index contributed by atoms with van der Waals surface area (Å²) in [6.45, 7) is -0.154. The Kier molecular flexibility index (Phi) is 6.76. The molecule has 7 heteroatoms. The summed E-state index contributed by atoms with van der Waals surface area (Å²) in [4.78, 5) is 39.7. The maximum absolute atomic E-state index is 12.9. The van der Waals surface area contributed by atoms with Crippen LogP contribution in [0.1, 0.15) is 21.3 Å². The Morgan fingerprint density at radius 2 is 1.59 bits per heavy atom. The number of hydrogen-bond donors (Lipinski definition) is 2. The number of amides is 3. The van der Waals surface area contributed by atoms with E-state index < -0.39 is 11.9 Å². The van der Waals surface area contributed by atoms with Crippen LogP contribution < -0.4 is 10.6 Å². The molecule has 1 unspecified atom stereocenters. The number of thiophene rings is 1. The molecule has 0 saturated carbocycles. The number of rotatable bonds is 7. The fourth-order valence-electron chi connectivity index (χ4n) is 2.76. The maximum atomic E-state index is 12.9. The minimum Gasteiger partial charge on any atom is -0.339 e. The van der Waals surface area contributed by atoms with Crippen molar-refractivity contribution < 1.29 is 14.4 Å². The predicted molar refractivity (Wildman–Crippen MR) is 114 cm³/mol. The predicted octanol–water partition coefficient (Wildman–Crippen LogP) is 3.32. The van der Waals surface area contributed by atoms with E-state index in [1.807, 2.05) is 24.3 Å². The van der Waals surface area contributed by atoms with Gasteiger partial charge in [-0.3, -0.25) is 14.4 Å². The molecule has 1 atom stereocenters. The Hall–Kier alpha value is -3.45. The van der Waals surface area contributed by atoms with Crippen molar-refractivity contribution in [3.8, 4) is 0 Å². The lowest BCUT2D eigenvalue weighted by Crippen LogP contribution is -2.43. The van der Waals surface area contributed by atoms with Crippen molar-refractivity contribution in [1.82, 2.24) is 10.2 Å². The zero-order chi connectivity index (χ0) is 20.6. The molecule has 0 fully saturated rings. The smallest absolute Gasteiger partial charge is 0.264 e. The van der Waals surface area contributed by atoms with Gasteiger partial charge < -0.3 is 15.5 Å². The number of likely N-dealkylation sites (N-methyl/N-ethyl adjacent to an activating group) is 1. The van der Waals surface area contributed by atoms with Crippen LogP contribution in [0.3, 0.4) is 0 Å². The van der Waals surface area contributed by atoms with Crippen LogP contribution in [0.4, 0.5) is 5.69 Å². The van der Waals surface area contributed by atoms with Gasteiger partial charge in [0.15, 0.2) is 0 Å². The third-order valence-electron chi connectivity index (χ3n) is 4.20. The van der Waals surface area contributed by atoms with Crippen LogP contribution in [0.15, 0.2) is 78.2 Å². The average Bonchev–Trinajstić information content (AvgIpc) is 3.27. The van der Waals surface area contributed by atoms with Crippen LogP contribution in [-0.4, -0.2) is 36.2 Å². The minimum atomic E-state index is -0.880. The summed E-state index contributed by atoms with van der Waals surface area (Å²) < 4.78 is 0. The Labute approximate surface area is 173 Å². The molecular formula is C22H21N3O3S. The summed E-state index contributed by atoms with van der Waals surface area (Å²) in [5.41, 5.74) is 1.29. The quantitative estimate of drug-likeness (QED) is 0.631. The molecule has 2 N–H and O–H groups in total. The molecule has 0 aliphatic heterocycles. The number of para-hydroxylation sites is 1. The zero-order valence-corrected chi connectivity index (χ0v) is 16.7. The van der Waals surface area contributed by atoms with Gasteiger partial charge in [0.05, 0.1) is 11.4 Å². The minimum absolute atomic E-state index is 0.154. The Morgan fingerprint density at radius 3 is 2.21 bits per heavy atom. The van der Waals surface area contributed by atoms with E-state index in [2.05, 4.69) is 10.6 Å². The average molecular weight is 407 g/mol. The second-order valence-electron chi connectivity index (χ2n) is 6.41. The SMILES string of the molecule is CN(CC(=O)NC(C(=O)Nc1ccccc1)c1ccccc1)C(=O)c1cccs1. The monoisotopic (exact) mass is 407 g/mol. The van der Waals surface area contributed by atoms with Gasteiger partial charge in [0.25, 0.3) is 11.8 Å².